The van der Waals surface area contributed by atoms with Gasteiger partial charge in [-0.3, -0.25) is 4.79 Å². The first-order valence-electron chi connectivity index (χ1n) is 8.60. The lowest BCUT2D eigenvalue weighted by molar-refractivity contribution is 0.398. The van der Waals surface area contributed by atoms with E-state index in [1.54, 1.807) is 16.8 Å². The van der Waals surface area contributed by atoms with Crippen molar-refractivity contribution in [2.45, 2.75) is 26.8 Å². The van der Waals surface area contributed by atoms with Crippen molar-refractivity contribution in [3.05, 3.63) is 68.9 Å². The Kier molecular flexibility index (Phi) is 5.65. The average molecular weight is 390 g/mol. The van der Waals surface area contributed by atoms with E-state index in [0.29, 0.717) is 18.9 Å². The molecule has 1 aromatic heterocycles. The normalized spacial score (nSPS) is 16.6. The molecule has 0 saturated carbocycles. The second-order valence-corrected chi connectivity index (χ2v) is 7.00. The molecule has 0 radical (unpaired) electrons. The van der Waals surface area contributed by atoms with E-state index in [1.807, 2.05) is 32.0 Å². The fourth-order valence-electron chi connectivity index (χ4n) is 3.01. The maximum atomic E-state index is 13.5. The number of aromatic nitrogens is 2. The van der Waals surface area contributed by atoms with Crippen molar-refractivity contribution in [2.24, 2.45) is 5.92 Å². The van der Waals surface area contributed by atoms with E-state index >= 15 is 0 Å². The van der Waals surface area contributed by atoms with Crippen LogP contribution in [0.15, 0.2) is 52.2 Å². The second kappa shape index (κ2) is 7.96. The van der Waals surface area contributed by atoms with Crippen molar-refractivity contribution in [1.29, 1.82) is 0 Å². The summed E-state index contributed by atoms with van der Waals surface area (Å²) in [4.78, 5) is 16.3. The van der Waals surface area contributed by atoms with Crippen LogP contribution < -0.4 is 15.6 Å². The highest BCUT2D eigenvalue weighted by molar-refractivity contribution is 6.31. The topological polar surface area (TPSA) is 56.1 Å². The number of methoxy groups -OCH3 is 1. The van der Waals surface area contributed by atoms with E-state index in [1.165, 1.54) is 13.2 Å². The first-order valence-corrected chi connectivity index (χ1v) is 8.98. The SMILES string of the molecule is COc1cn(CC2C=C(Cl)C(F)=CC2)c(Nc2ccc(C)cc2C)nc1=O. The van der Waals surface area contributed by atoms with Gasteiger partial charge in [-0.25, -0.2) is 4.39 Å². The van der Waals surface area contributed by atoms with E-state index in [-0.39, 0.29) is 16.7 Å². The Morgan fingerprint density at radius 3 is 2.85 bits per heavy atom. The Morgan fingerprint density at radius 1 is 1.41 bits per heavy atom. The molecule has 3 rings (SSSR count). The van der Waals surface area contributed by atoms with Gasteiger partial charge in [0, 0.05) is 18.2 Å². The number of benzene rings is 1. The predicted octanol–water partition coefficient (Wildman–Crippen LogP) is 4.61. The highest BCUT2D eigenvalue weighted by atomic mass is 35.5. The summed E-state index contributed by atoms with van der Waals surface area (Å²) in [5.41, 5.74) is 2.59. The lowest BCUT2D eigenvalue weighted by atomic mass is 10.0. The fraction of sp³-hybridized carbons (Fsp3) is 0.300. The summed E-state index contributed by atoms with van der Waals surface area (Å²) >= 11 is 5.92. The van der Waals surface area contributed by atoms with E-state index in [0.717, 1.165) is 16.8 Å². The quantitative estimate of drug-likeness (QED) is 0.811. The lowest BCUT2D eigenvalue weighted by Crippen LogP contribution is -2.21. The van der Waals surface area contributed by atoms with Crippen molar-refractivity contribution < 1.29 is 9.13 Å². The molecule has 0 aliphatic heterocycles. The second-order valence-electron chi connectivity index (χ2n) is 6.60. The van der Waals surface area contributed by atoms with Gasteiger partial charge in [0.25, 0.3) is 0 Å². The summed E-state index contributed by atoms with van der Waals surface area (Å²) < 4.78 is 20.4. The minimum Gasteiger partial charge on any atom is -0.490 e. The molecule has 27 heavy (non-hydrogen) atoms. The van der Waals surface area contributed by atoms with Gasteiger partial charge in [-0.1, -0.05) is 35.4 Å². The molecule has 1 heterocycles. The van der Waals surface area contributed by atoms with Crippen LogP contribution in [0.3, 0.4) is 0 Å². The van der Waals surface area contributed by atoms with Crippen molar-refractivity contribution in [2.75, 3.05) is 12.4 Å². The molecule has 0 bridgehead atoms. The van der Waals surface area contributed by atoms with Gasteiger partial charge in [0.2, 0.25) is 11.7 Å². The Labute approximate surface area is 162 Å². The summed E-state index contributed by atoms with van der Waals surface area (Å²) in [6.07, 6.45) is 5.27. The molecular weight excluding hydrogens is 369 g/mol. The number of anilines is 2. The molecule has 7 heteroatoms. The van der Waals surface area contributed by atoms with E-state index < -0.39 is 11.4 Å². The van der Waals surface area contributed by atoms with Crippen LogP contribution in [0.5, 0.6) is 5.75 Å². The van der Waals surface area contributed by atoms with Crippen LogP contribution in [-0.2, 0) is 6.54 Å². The molecule has 1 aromatic carbocycles. The van der Waals surface area contributed by atoms with Crippen LogP contribution in [0.4, 0.5) is 16.0 Å². The summed E-state index contributed by atoms with van der Waals surface area (Å²) in [5, 5.41) is 3.33. The summed E-state index contributed by atoms with van der Waals surface area (Å²) in [6, 6.07) is 5.98. The van der Waals surface area contributed by atoms with Crippen molar-refractivity contribution in [3.63, 3.8) is 0 Å². The van der Waals surface area contributed by atoms with Crippen molar-refractivity contribution in [1.82, 2.24) is 9.55 Å². The van der Waals surface area contributed by atoms with E-state index in [9.17, 15) is 9.18 Å². The number of hydrogen-bond donors (Lipinski definition) is 1. The average Bonchev–Trinajstić information content (AvgIpc) is 2.62. The molecule has 1 aliphatic carbocycles. The molecule has 0 fully saturated rings. The maximum Gasteiger partial charge on any atom is 0.316 e. The molecule has 2 aromatic rings. The Hall–Kier alpha value is -2.60. The third kappa shape index (κ3) is 4.39. The van der Waals surface area contributed by atoms with Crippen LogP contribution >= 0.6 is 11.6 Å². The Balaban J connectivity index is 1.95. The third-order valence-electron chi connectivity index (χ3n) is 4.45. The summed E-state index contributed by atoms with van der Waals surface area (Å²) in [6.45, 7) is 4.47. The number of nitrogens with zero attached hydrogens (tertiary/aromatic N) is 2. The van der Waals surface area contributed by atoms with Gasteiger partial charge >= 0.3 is 5.56 Å². The van der Waals surface area contributed by atoms with E-state index in [2.05, 4.69) is 10.3 Å². The van der Waals surface area contributed by atoms with Gasteiger partial charge in [0.1, 0.15) is 5.83 Å². The van der Waals surface area contributed by atoms with Crippen LogP contribution in [0.2, 0.25) is 0 Å². The summed E-state index contributed by atoms with van der Waals surface area (Å²) in [5.74, 6) is 0.115. The number of aryl methyl sites for hydroxylation is 2. The minimum absolute atomic E-state index is 0.0225. The largest absolute Gasteiger partial charge is 0.490 e. The highest BCUT2D eigenvalue weighted by Gasteiger charge is 2.18. The van der Waals surface area contributed by atoms with Gasteiger partial charge in [-0.15, -0.1) is 0 Å². The zero-order chi connectivity index (χ0) is 19.6. The number of ether oxygens (including phenoxy) is 1. The van der Waals surface area contributed by atoms with Crippen LogP contribution in [0.25, 0.3) is 0 Å². The van der Waals surface area contributed by atoms with E-state index in [4.69, 9.17) is 16.3 Å². The number of hydrogen-bond acceptors (Lipinski definition) is 4. The fourth-order valence-corrected chi connectivity index (χ4v) is 3.27. The number of rotatable bonds is 5. The standard InChI is InChI=1S/C20H21ClFN3O2/c1-12-4-7-17(13(2)8-12)23-20-24-19(26)18(27-3)11-25(20)10-14-5-6-16(22)15(21)9-14/h4,6-9,11,14H,5,10H2,1-3H3,(H,23,24,26). The lowest BCUT2D eigenvalue weighted by Gasteiger charge is -2.21. The van der Waals surface area contributed by atoms with Crippen molar-refractivity contribution in [3.8, 4) is 5.75 Å². The summed E-state index contributed by atoms with van der Waals surface area (Å²) in [7, 11) is 1.43. The minimum atomic E-state index is -0.454. The van der Waals surface area contributed by atoms with Gasteiger partial charge < -0.3 is 14.6 Å². The Morgan fingerprint density at radius 2 is 2.19 bits per heavy atom. The molecule has 142 valence electrons. The monoisotopic (exact) mass is 389 g/mol. The molecule has 5 nitrogen and oxygen atoms in total. The zero-order valence-electron chi connectivity index (χ0n) is 15.4. The van der Waals surface area contributed by atoms with Crippen LogP contribution in [0, 0.1) is 19.8 Å². The molecule has 0 saturated heterocycles. The molecule has 0 amide bonds. The van der Waals surface area contributed by atoms with Gasteiger partial charge in [0.05, 0.1) is 18.3 Å². The number of nitrogens with one attached hydrogen (secondary N) is 1. The molecular formula is C20H21ClFN3O2. The van der Waals surface area contributed by atoms with Crippen LogP contribution in [0.1, 0.15) is 17.5 Å². The van der Waals surface area contributed by atoms with Gasteiger partial charge in [-0.2, -0.15) is 4.98 Å². The number of allylic oxidation sites excluding steroid dienone is 4. The van der Waals surface area contributed by atoms with Gasteiger partial charge in [-0.05, 0) is 38.0 Å². The predicted molar refractivity (Wildman–Crippen MR) is 105 cm³/mol. The maximum absolute atomic E-state index is 13.5. The molecule has 1 aliphatic rings. The first kappa shape index (κ1) is 19.2. The Bertz CT molecular complexity index is 982. The number of halogens is 2. The van der Waals surface area contributed by atoms with Gasteiger partial charge in [0.15, 0.2) is 0 Å². The molecule has 1 atom stereocenters. The molecule has 1 N–H and O–H groups in total. The third-order valence-corrected chi connectivity index (χ3v) is 4.76. The highest BCUT2D eigenvalue weighted by Crippen LogP contribution is 2.29. The smallest absolute Gasteiger partial charge is 0.316 e. The van der Waals surface area contributed by atoms with Crippen LogP contribution in [-0.4, -0.2) is 16.7 Å². The zero-order valence-corrected chi connectivity index (χ0v) is 16.2. The van der Waals surface area contributed by atoms with Crippen molar-refractivity contribution >= 4 is 23.2 Å². The first-order chi connectivity index (χ1) is 12.9. The molecule has 1 unspecified atom stereocenters. The molecule has 0 spiro atoms.